The monoisotopic (exact) mass is 495 g/mol. The van der Waals surface area contributed by atoms with Crippen molar-refractivity contribution in [3.8, 4) is 11.5 Å². The van der Waals surface area contributed by atoms with Crippen molar-refractivity contribution >= 4 is 23.0 Å². The maximum atomic E-state index is 14.3. The molecule has 0 aliphatic rings. The number of carboxylic acids is 1. The van der Waals surface area contributed by atoms with Gasteiger partial charge in [-0.15, -0.1) is 0 Å². The highest BCUT2D eigenvalue weighted by atomic mass is 19.3. The van der Waals surface area contributed by atoms with Crippen molar-refractivity contribution in [2.24, 2.45) is 0 Å². The quantitative estimate of drug-likeness (QED) is 0.299. The van der Waals surface area contributed by atoms with E-state index in [-0.39, 0.29) is 17.7 Å². The molecule has 0 radical (unpaired) electrons. The molecule has 188 valence electrons. The van der Waals surface area contributed by atoms with E-state index in [1.54, 1.807) is 43.1 Å². The molecule has 1 heterocycles. The highest BCUT2D eigenvalue weighted by molar-refractivity contribution is 5.93. The SMILES string of the molecule is COc1ccc(CCNc2nc3cc(C(=O)O)ccc3n2Cc2ccccc2C(C)(F)F)cc1OC. The van der Waals surface area contributed by atoms with Crippen LogP contribution in [0.25, 0.3) is 11.0 Å². The Morgan fingerprint density at radius 1 is 1.06 bits per heavy atom. The van der Waals surface area contributed by atoms with Gasteiger partial charge < -0.3 is 24.5 Å². The second-order valence-corrected chi connectivity index (χ2v) is 8.44. The average molecular weight is 496 g/mol. The second-order valence-electron chi connectivity index (χ2n) is 8.44. The third-order valence-corrected chi connectivity index (χ3v) is 5.96. The van der Waals surface area contributed by atoms with Gasteiger partial charge in [0.05, 0.1) is 37.4 Å². The van der Waals surface area contributed by atoms with Crippen molar-refractivity contribution < 1.29 is 28.2 Å². The van der Waals surface area contributed by atoms with E-state index >= 15 is 0 Å². The summed E-state index contributed by atoms with van der Waals surface area (Å²) < 4.78 is 41.0. The first-order chi connectivity index (χ1) is 17.2. The van der Waals surface area contributed by atoms with Gasteiger partial charge in [-0.2, -0.15) is 0 Å². The number of methoxy groups -OCH3 is 2. The minimum absolute atomic E-state index is 0.0646. The highest BCUT2D eigenvalue weighted by Crippen LogP contribution is 2.32. The summed E-state index contributed by atoms with van der Waals surface area (Å²) in [6.45, 7) is 1.51. The molecule has 0 fully saturated rings. The zero-order valence-corrected chi connectivity index (χ0v) is 20.2. The number of nitrogens with zero attached hydrogens (tertiary/aromatic N) is 2. The maximum Gasteiger partial charge on any atom is 0.335 e. The number of rotatable bonds is 10. The molecule has 4 rings (SSSR count). The predicted octanol–water partition coefficient (Wildman–Crippen LogP) is 5.57. The number of benzene rings is 3. The van der Waals surface area contributed by atoms with Gasteiger partial charge in [0.1, 0.15) is 0 Å². The standard InChI is InChI=1S/C27H27F2N3O4/c1-27(28,29)20-7-5-4-6-19(20)16-32-22-10-9-18(25(33)34)15-21(22)31-26(32)30-13-12-17-8-11-23(35-2)24(14-17)36-3/h4-11,14-15H,12-13,16H2,1-3H3,(H,30,31)(H,33,34). The van der Waals surface area contributed by atoms with Gasteiger partial charge in [-0.05, 0) is 47.9 Å². The third-order valence-electron chi connectivity index (χ3n) is 5.96. The zero-order chi connectivity index (χ0) is 25.9. The number of ether oxygens (including phenoxy) is 2. The van der Waals surface area contributed by atoms with Crippen molar-refractivity contribution in [1.29, 1.82) is 0 Å². The highest BCUT2D eigenvalue weighted by Gasteiger charge is 2.27. The molecule has 36 heavy (non-hydrogen) atoms. The lowest BCUT2D eigenvalue weighted by atomic mass is 10.0. The van der Waals surface area contributed by atoms with Crippen LogP contribution in [0.5, 0.6) is 11.5 Å². The van der Waals surface area contributed by atoms with E-state index in [9.17, 15) is 18.7 Å². The first kappa shape index (κ1) is 25.0. The smallest absolute Gasteiger partial charge is 0.335 e. The van der Waals surface area contributed by atoms with Crippen LogP contribution in [0.3, 0.4) is 0 Å². The number of carboxylic acid groups (broad SMARTS) is 1. The number of imidazole rings is 1. The Bertz CT molecular complexity index is 1400. The first-order valence-electron chi connectivity index (χ1n) is 11.4. The van der Waals surface area contributed by atoms with Crippen LogP contribution in [0.1, 0.15) is 34.0 Å². The molecule has 0 amide bonds. The van der Waals surface area contributed by atoms with Crippen molar-refractivity contribution in [3.63, 3.8) is 0 Å². The number of alkyl halides is 2. The molecule has 2 N–H and O–H groups in total. The Hall–Kier alpha value is -4.14. The van der Waals surface area contributed by atoms with Crippen molar-refractivity contribution in [2.45, 2.75) is 25.8 Å². The van der Waals surface area contributed by atoms with Gasteiger partial charge in [0.2, 0.25) is 5.95 Å². The van der Waals surface area contributed by atoms with Crippen LogP contribution in [-0.2, 0) is 18.9 Å². The van der Waals surface area contributed by atoms with E-state index < -0.39 is 11.9 Å². The lowest BCUT2D eigenvalue weighted by molar-refractivity contribution is 0.0164. The maximum absolute atomic E-state index is 14.3. The fraction of sp³-hybridized carbons (Fsp3) is 0.259. The number of aromatic carboxylic acids is 1. The van der Waals surface area contributed by atoms with E-state index in [2.05, 4.69) is 10.3 Å². The second kappa shape index (κ2) is 10.2. The Balaban J connectivity index is 1.66. The van der Waals surface area contributed by atoms with Gasteiger partial charge in [-0.25, -0.2) is 18.6 Å². The molecule has 0 saturated carbocycles. The van der Waals surface area contributed by atoms with Gasteiger partial charge in [0, 0.05) is 19.0 Å². The van der Waals surface area contributed by atoms with E-state index in [0.717, 1.165) is 12.5 Å². The molecule has 4 aromatic rings. The molecule has 0 bridgehead atoms. The number of hydrogen-bond acceptors (Lipinski definition) is 5. The molecule has 0 aliphatic heterocycles. The van der Waals surface area contributed by atoms with E-state index in [1.165, 1.54) is 18.2 Å². The molecule has 0 spiro atoms. The topological polar surface area (TPSA) is 85.6 Å². The lowest BCUT2D eigenvalue weighted by Gasteiger charge is -2.18. The molecule has 0 unspecified atom stereocenters. The summed E-state index contributed by atoms with van der Waals surface area (Å²) in [5.74, 6) is -2.35. The predicted molar refractivity (Wildman–Crippen MR) is 134 cm³/mol. The molecule has 0 saturated heterocycles. The number of hydrogen-bond donors (Lipinski definition) is 2. The van der Waals surface area contributed by atoms with Crippen LogP contribution in [0.4, 0.5) is 14.7 Å². The molecule has 9 heteroatoms. The molecular weight excluding hydrogens is 468 g/mol. The Morgan fingerprint density at radius 3 is 2.50 bits per heavy atom. The van der Waals surface area contributed by atoms with Gasteiger partial charge in [0.15, 0.2) is 11.5 Å². The summed E-state index contributed by atoms with van der Waals surface area (Å²) in [4.78, 5) is 16.0. The zero-order valence-electron chi connectivity index (χ0n) is 20.2. The Kier molecular flexibility index (Phi) is 7.10. The van der Waals surface area contributed by atoms with E-state index in [4.69, 9.17) is 9.47 Å². The van der Waals surface area contributed by atoms with Crippen LogP contribution in [-0.4, -0.2) is 41.4 Å². The number of nitrogens with one attached hydrogen (secondary N) is 1. The van der Waals surface area contributed by atoms with E-state index in [1.807, 2.05) is 18.2 Å². The fourth-order valence-electron chi connectivity index (χ4n) is 4.17. The van der Waals surface area contributed by atoms with Crippen molar-refractivity contribution in [3.05, 3.63) is 82.9 Å². The average Bonchev–Trinajstić information content (AvgIpc) is 3.19. The van der Waals surface area contributed by atoms with Gasteiger partial charge >= 0.3 is 5.97 Å². The summed E-state index contributed by atoms with van der Waals surface area (Å²) >= 11 is 0. The molecule has 0 atom stereocenters. The molecule has 1 aromatic heterocycles. The number of halogens is 2. The van der Waals surface area contributed by atoms with Crippen LogP contribution in [0, 0.1) is 0 Å². The van der Waals surface area contributed by atoms with Crippen LogP contribution < -0.4 is 14.8 Å². The molecular formula is C27H27F2N3O4. The lowest BCUT2D eigenvalue weighted by Crippen LogP contribution is -2.15. The number of anilines is 1. The van der Waals surface area contributed by atoms with Crippen LogP contribution >= 0.6 is 0 Å². The summed E-state index contributed by atoms with van der Waals surface area (Å²) in [7, 11) is 3.15. The van der Waals surface area contributed by atoms with Crippen molar-refractivity contribution in [1.82, 2.24) is 9.55 Å². The Labute approximate surface area is 207 Å². The third kappa shape index (κ3) is 5.25. The largest absolute Gasteiger partial charge is 0.493 e. The van der Waals surface area contributed by atoms with Crippen molar-refractivity contribution in [2.75, 3.05) is 26.1 Å². The van der Waals surface area contributed by atoms with E-state index in [0.29, 0.717) is 47.0 Å². The summed E-state index contributed by atoms with van der Waals surface area (Å²) in [6, 6.07) is 16.7. The van der Waals surface area contributed by atoms with Gasteiger partial charge in [0.25, 0.3) is 5.92 Å². The number of fused-ring (bicyclic) bond motifs is 1. The van der Waals surface area contributed by atoms with Crippen LogP contribution in [0.2, 0.25) is 0 Å². The molecule has 3 aromatic carbocycles. The fourth-order valence-corrected chi connectivity index (χ4v) is 4.17. The van der Waals surface area contributed by atoms with Gasteiger partial charge in [-0.3, -0.25) is 0 Å². The molecule has 0 aliphatic carbocycles. The Morgan fingerprint density at radius 2 is 1.81 bits per heavy atom. The van der Waals surface area contributed by atoms with Crippen LogP contribution in [0.15, 0.2) is 60.7 Å². The number of aromatic nitrogens is 2. The minimum Gasteiger partial charge on any atom is -0.493 e. The first-order valence-corrected chi connectivity index (χ1v) is 11.4. The minimum atomic E-state index is -3.01. The van der Waals surface area contributed by atoms with Gasteiger partial charge in [-0.1, -0.05) is 30.3 Å². The summed E-state index contributed by atoms with van der Waals surface area (Å²) in [5.41, 5.74) is 2.60. The normalized spacial score (nSPS) is 11.5. The summed E-state index contributed by atoms with van der Waals surface area (Å²) in [6.07, 6.45) is 0.632. The molecule has 7 nitrogen and oxygen atoms in total. The summed E-state index contributed by atoms with van der Waals surface area (Å²) in [5, 5.41) is 12.7. The number of carbonyl (C=O) groups is 1.